The molecule has 20 heavy (non-hydrogen) atoms. The summed E-state index contributed by atoms with van der Waals surface area (Å²) in [5, 5.41) is 6.82. The maximum absolute atomic E-state index is 11.8. The summed E-state index contributed by atoms with van der Waals surface area (Å²) in [6, 6.07) is 9.75. The molecule has 104 valence electrons. The summed E-state index contributed by atoms with van der Waals surface area (Å²) in [7, 11) is 0. The number of hydrogen-bond acceptors (Lipinski definition) is 3. The van der Waals surface area contributed by atoms with Gasteiger partial charge in [-0.3, -0.25) is 4.79 Å². The number of ether oxygens (including phenoxy) is 1. The van der Waals surface area contributed by atoms with E-state index in [2.05, 4.69) is 10.2 Å². The first kappa shape index (κ1) is 12.9. The number of fused-ring (bicyclic) bond motifs is 1. The lowest BCUT2D eigenvalue weighted by Crippen LogP contribution is -2.23. The van der Waals surface area contributed by atoms with E-state index in [1.165, 1.54) is 0 Å². The third-order valence-electron chi connectivity index (χ3n) is 3.73. The fourth-order valence-corrected chi connectivity index (χ4v) is 2.72. The average molecular weight is 270 g/mol. The van der Waals surface area contributed by atoms with E-state index in [-0.39, 0.29) is 5.56 Å². The highest BCUT2D eigenvalue weighted by Gasteiger charge is 2.17. The lowest BCUT2D eigenvalue weighted by Gasteiger charge is -2.17. The number of aromatic amines is 1. The number of hydrogen-bond donors (Lipinski definition) is 1. The highest BCUT2D eigenvalue weighted by Crippen LogP contribution is 2.20. The van der Waals surface area contributed by atoms with Crippen LogP contribution in [-0.4, -0.2) is 16.8 Å². The molecule has 0 aliphatic heterocycles. The van der Waals surface area contributed by atoms with Crippen LogP contribution in [0.15, 0.2) is 35.1 Å². The standard InChI is InChI=1S/C16H18N2O2/c19-16-14-9-5-4-8-13(14)15(17-18-16)10-11-20-12-6-2-1-3-7-12/h1-3,6-7H,4-5,8-11H2,(H,18,19). The number of nitrogens with one attached hydrogen (secondary N) is 1. The van der Waals surface area contributed by atoms with Gasteiger partial charge >= 0.3 is 0 Å². The van der Waals surface area contributed by atoms with Crippen molar-refractivity contribution in [2.45, 2.75) is 32.1 Å². The minimum Gasteiger partial charge on any atom is -0.493 e. The summed E-state index contributed by atoms with van der Waals surface area (Å²) in [6.45, 7) is 0.579. The molecule has 1 aliphatic rings. The molecular weight excluding hydrogens is 252 g/mol. The van der Waals surface area contributed by atoms with Gasteiger partial charge in [-0.2, -0.15) is 5.10 Å². The molecule has 1 aliphatic carbocycles. The van der Waals surface area contributed by atoms with E-state index in [1.54, 1.807) is 0 Å². The van der Waals surface area contributed by atoms with Crippen molar-refractivity contribution < 1.29 is 4.74 Å². The zero-order valence-corrected chi connectivity index (χ0v) is 11.4. The van der Waals surface area contributed by atoms with Crippen LogP contribution in [0.2, 0.25) is 0 Å². The van der Waals surface area contributed by atoms with Crippen molar-refractivity contribution >= 4 is 0 Å². The first-order valence-corrected chi connectivity index (χ1v) is 7.12. The summed E-state index contributed by atoms with van der Waals surface area (Å²) in [5.74, 6) is 0.866. The van der Waals surface area contributed by atoms with E-state index in [1.807, 2.05) is 30.3 Å². The molecule has 3 rings (SSSR count). The fourth-order valence-electron chi connectivity index (χ4n) is 2.72. The lowest BCUT2D eigenvalue weighted by molar-refractivity contribution is 0.319. The van der Waals surface area contributed by atoms with Crippen LogP contribution in [0.25, 0.3) is 0 Å². The Balaban J connectivity index is 1.70. The van der Waals surface area contributed by atoms with Gasteiger partial charge in [-0.05, 0) is 43.4 Å². The molecule has 0 saturated carbocycles. The number of aromatic nitrogens is 2. The van der Waals surface area contributed by atoms with Crippen molar-refractivity contribution in [1.82, 2.24) is 10.2 Å². The quantitative estimate of drug-likeness (QED) is 0.927. The van der Waals surface area contributed by atoms with E-state index >= 15 is 0 Å². The SMILES string of the molecule is O=c1[nH]nc(CCOc2ccccc2)c2c1CCCC2. The van der Waals surface area contributed by atoms with Crippen LogP contribution < -0.4 is 10.3 Å². The van der Waals surface area contributed by atoms with Gasteiger partial charge in [0.15, 0.2) is 0 Å². The Kier molecular flexibility index (Phi) is 3.81. The Labute approximate surface area is 117 Å². The van der Waals surface area contributed by atoms with E-state index in [4.69, 9.17) is 4.74 Å². The van der Waals surface area contributed by atoms with Gasteiger partial charge in [0.25, 0.3) is 5.56 Å². The zero-order chi connectivity index (χ0) is 13.8. The molecule has 1 aromatic carbocycles. The number of H-pyrrole nitrogens is 1. The summed E-state index contributed by atoms with van der Waals surface area (Å²) in [6.07, 6.45) is 4.81. The Morgan fingerprint density at radius 2 is 1.85 bits per heavy atom. The monoisotopic (exact) mass is 270 g/mol. The molecule has 0 atom stereocenters. The topological polar surface area (TPSA) is 55.0 Å². The predicted molar refractivity (Wildman–Crippen MR) is 77.1 cm³/mol. The molecule has 4 heteroatoms. The van der Waals surface area contributed by atoms with Crippen LogP contribution in [0.5, 0.6) is 5.75 Å². The second kappa shape index (κ2) is 5.90. The van der Waals surface area contributed by atoms with E-state index in [0.29, 0.717) is 6.61 Å². The molecule has 2 aromatic rings. The van der Waals surface area contributed by atoms with Gasteiger partial charge in [0.2, 0.25) is 0 Å². The Bertz CT molecular complexity index is 635. The maximum atomic E-state index is 11.8. The molecule has 0 amide bonds. The summed E-state index contributed by atoms with van der Waals surface area (Å²) in [4.78, 5) is 11.8. The molecule has 1 heterocycles. The molecule has 0 saturated heterocycles. The minimum atomic E-state index is -0.0209. The van der Waals surface area contributed by atoms with Crippen LogP contribution in [0.4, 0.5) is 0 Å². The number of rotatable bonds is 4. The highest BCUT2D eigenvalue weighted by atomic mass is 16.5. The second-order valence-electron chi connectivity index (χ2n) is 5.08. The first-order chi connectivity index (χ1) is 9.84. The highest BCUT2D eigenvalue weighted by molar-refractivity contribution is 5.30. The molecule has 1 aromatic heterocycles. The van der Waals surface area contributed by atoms with Gasteiger partial charge < -0.3 is 4.74 Å². The van der Waals surface area contributed by atoms with E-state index < -0.39 is 0 Å². The first-order valence-electron chi connectivity index (χ1n) is 7.12. The molecule has 0 fully saturated rings. The van der Waals surface area contributed by atoms with E-state index in [9.17, 15) is 4.79 Å². The van der Waals surface area contributed by atoms with Crippen molar-refractivity contribution in [1.29, 1.82) is 0 Å². The molecule has 1 N–H and O–H groups in total. The van der Waals surface area contributed by atoms with Crippen LogP contribution in [0.3, 0.4) is 0 Å². The van der Waals surface area contributed by atoms with Gasteiger partial charge in [0.05, 0.1) is 12.3 Å². The predicted octanol–water partition coefficient (Wildman–Crippen LogP) is 2.27. The Hall–Kier alpha value is -2.10. The average Bonchev–Trinajstić information content (AvgIpc) is 2.51. The Morgan fingerprint density at radius 3 is 2.65 bits per heavy atom. The van der Waals surface area contributed by atoms with Gasteiger partial charge in [-0.15, -0.1) is 0 Å². The van der Waals surface area contributed by atoms with Crippen molar-refractivity contribution in [2.75, 3.05) is 6.61 Å². The summed E-state index contributed by atoms with van der Waals surface area (Å²) < 4.78 is 5.70. The third kappa shape index (κ3) is 2.74. The Morgan fingerprint density at radius 1 is 1.10 bits per heavy atom. The van der Waals surface area contributed by atoms with Crippen molar-refractivity contribution in [3.63, 3.8) is 0 Å². The lowest BCUT2D eigenvalue weighted by atomic mass is 9.91. The summed E-state index contributed by atoms with van der Waals surface area (Å²) in [5.41, 5.74) is 3.04. The smallest absolute Gasteiger partial charge is 0.267 e. The molecule has 4 nitrogen and oxygen atoms in total. The van der Waals surface area contributed by atoms with Crippen LogP contribution in [-0.2, 0) is 19.3 Å². The van der Waals surface area contributed by atoms with Crippen LogP contribution in [0.1, 0.15) is 29.7 Å². The van der Waals surface area contributed by atoms with Gasteiger partial charge in [0.1, 0.15) is 5.75 Å². The van der Waals surface area contributed by atoms with Crippen molar-refractivity contribution in [3.05, 3.63) is 57.5 Å². The van der Waals surface area contributed by atoms with Crippen molar-refractivity contribution in [2.24, 2.45) is 0 Å². The molecule has 0 unspecified atom stereocenters. The fraction of sp³-hybridized carbons (Fsp3) is 0.375. The number of para-hydroxylation sites is 1. The third-order valence-corrected chi connectivity index (χ3v) is 3.73. The molecule has 0 spiro atoms. The summed E-state index contributed by atoms with van der Waals surface area (Å²) >= 11 is 0. The van der Waals surface area contributed by atoms with Gasteiger partial charge in [0, 0.05) is 12.0 Å². The van der Waals surface area contributed by atoms with Gasteiger partial charge in [-0.25, -0.2) is 5.10 Å². The molecular formula is C16H18N2O2. The number of nitrogens with zero attached hydrogens (tertiary/aromatic N) is 1. The molecule has 0 bridgehead atoms. The maximum Gasteiger partial charge on any atom is 0.267 e. The van der Waals surface area contributed by atoms with Crippen LogP contribution in [0, 0.1) is 0 Å². The molecule has 0 radical (unpaired) electrons. The van der Waals surface area contributed by atoms with Gasteiger partial charge in [-0.1, -0.05) is 18.2 Å². The second-order valence-corrected chi connectivity index (χ2v) is 5.08. The van der Waals surface area contributed by atoms with Crippen LogP contribution >= 0.6 is 0 Å². The number of benzene rings is 1. The zero-order valence-electron chi connectivity index (χ0n) is 11.4. The van der Waals surface area contributed by atoms with Crippen molar-refractivity contribution in [3.8, 4) is 5.75 Å². The normalized spacial score (nSPS) is 13.8. The minimum absolute atomic E-state index is 0.0209. The van der Waals surface area contributed by atoms with E-state index in [0.717, 1.165) is 54.7 Å². The largest absolute Gasteiger partial charge is 0.493 e.